The first-order valence-electron chi connectivity index (χ1n) is 4.92. The fourth-order valence-corrected chi connectivity index (χ4v) is 1.56. The second kappa shape index (κ2) is 4.40. The van der Waals surface area contributed by atoms with Crippen molar-refractivity contribution in [3.05, 3.63) is 23.8 Å². The molecule has 0 unspecified atom stereocenters. The van der Waals surface area contributed by atoms with E-state index in [9.17, 15) is 4.79 Å². The lowest BCUT2D eigenvalue weighted by Gasteiger charge is -2.09. The summed E-state index contributed by atoms with van der Waals surface area (Å²) in [6.45, 7) is 0.238. The second-order valence-electron chi connectivity index (χ2n) is 3.52. The van der Waals surface area contributed by atoms with E-state index < -0.39 is 12.0 Å². The number of ether oxygens (including phenoxy) is 3. The molecule has 5 nitrogen and oxygen atoms in total. The van der Waals surface area contributed by atoms with E-state index in [1.807, 2.05) is 18.2 Å². The number of benzene rings is 1. The Kier molecular flexibility index (Phi) is 2.96. The van der Waals surface area contributed by atoms with Crippen LogP contribution in [0.15, 0.2) is 18.2 Å². The van der Waals surface area contributed by atoms with Gasteiger partial charge in [-0.05, 0) is 24.1 Å². The number of carbonyl (C=O) groups excluding carboxylic acids is 1. The van der Waals surface area contributed by atoms with Gasteiger partial charge in [0.15, 0.2) is 11.5 Å². The summed E-state index contributed by atoms with van der Waals surface area (Å²) in [4.78, 5) is 11.1. The number of nitrogens with two attached hydrogens (primary N) is 1. The molecule has 0 amide bonds. The third-order valence-electron chi connectivity index (χ3n) is 2.40. The Balaban J connectivity index is 2.08. The molecule has 1 heterocycles. The van der Waals surface area contributed by atoms with E-state index in [4.69, 9.17) is 15.2 Å². The van der Waals surface area contributed by atoms with E-state index >= 15 is 0 Å². The highest BCUT2D eigenvalue weighted by atomic mass is 16.7. The SMILES string of the molecule is COC(=O)[C@@H](N)Cc1ccc2c(c1)OCO2. The molecule has 16 heavy (non-hydrogen) atoms. The summed E-state index contributed by atoms with van der Waals surface area (Å²) in [5.41, 5.74) is 6.58. The number of fused-ring (bicyclic) bond motifs is 1. The van der Waals surface area contributed by atoms with Crippen LogP contribution < -0.4 is 15.2 Å². The van der Waals surface area contributed by atoms with Crippen LogP contribution in [0.5, 0.6) is 11.5 Å². The van der Waals surface area contributed by atoms with Gasteiger partial charge in [0.2, 0.25) is 6.79 Å². The van der Waals surface area contributed by atoms with Gasteiger partial charge in [-0.2, -0.15) is 0 Å². The van der Waals surface area contributed by atoms with Gasteiger partial charge in [-0.25, -0.2) is 0 Å². The highest BCUT2D eigenvalue weighted by Crippen LogP contribution is 2.32. The molecule has 0 saturated heterocycles. The lowest BCUT2D eigenvalue weighted by atomic mass is 10.1. The Morgan fingerprint density at radius 3 is 3.00 bits per heavy atom. The highest BCUT2D eigenvalue weighted by molar-refractivity contribution is 5.75. The van der Waals surface area contributed by atoms with Gasteiger partial charge in [0.05, 0.1) is 7.11 Å². The van der Waals surface area contributed by atoms with E-state index in [0.29, 0.717) is 12.2 Å². The van der Waals surface area contributed by atoms with Crippen LogP contribution in [0, 0.1) is 0 Å². The molecule has 0 aliphatic carbocycles. The zero-order valence-electron chi connectivity index (χ0n) is 8.93. The molecule has 0 spiro atoms. The largest absolute Gasteiger partial charge is 0.468 e. The van der Waals surface area contributed by atoms with Crippen molar-refractivity contribution in [2.75, 3.05) is 13.9 Å². The van der Waals surface area contributed by atoms with Gasteiger partial charge in [-0.3, -0.25) is 4.79 Å². The molecule has 1 aromatic rings. The van der Waals surface area contributed by atoms with Crippen LogP contribution in [0.1, 0.15) is 5.56 Å². The van der Waals surface area contributed by atoms with Crippen LogP contribution in [0.2, 0.25) is 0 Å². The second-order valence-corrected chi connectivity index (χ2v) is 3.52. The fraction of sp³-hybridized carbons (Fsp3) is 0.364. The van der Waals surface area contributed by atoms with Crippen LogP contribution in [0.3, 0.4) is 0 Å². The van der Waals surface area contributed by atoms with Gasteiger partial charge >= 0.3 is 5.97 Å². The molecule has 1 atom stereocenters. The molecule has 0 aromatic heterocycles. The molecule has 0 radical (unpaired) electrons. The first-order valence-corrected chi connectivity index (χ1v) is 4.92. The zero-order chi connectivity index (χ0) is 11.5. The minimum absolute atomic E-state index is 0.238. The topological polar surface area (TPSA) is 70.8 Å². The number of esters is 1. The summed E-state index contributed by atoms with van der Waals surface area (Å²) < 4.78 is 15.0. The molecule has 0 saturated carbocycles. The van der Waals surface area contributed by atoms with E-state index in [2.05, 4.69) is 4.74 Å². The maximum atomic E-state index is 11.1. The van der Waals surface area contributed by atoms with Crippen LogP contribution in [0.4, 0.5) is 0 Å². The Labute approximate surface area is 93.1 Å². The van der Waals surface area contributed by atoms with Crippen LogP contribution >= 0.6 is 0 Å². The maximum Gasteiger partial charge on any atom is 0.322 e. The third kappa shape index (κ3) is 2.09. The lowest BCUT2D eigenvalue weighted by Crippen LogP contribution is -2.33. The van der Waals surface area contributed by atoms with Crippen molar-refractivity contribution in [3.63, 3.8) is 0 Å². The molecular weight excluding hydrogens is 210 g/mol. The lowest BCUT2D eigenvalue weighted by molar-refractivity contribution is -0.142. The minimum atomic E-state index is -0.648. The van der Waals surface area contributed by atoms with Crippen molar-refractivity contribution in [2.45, 2.75) is 12.5 Å². The smallest absolute Gasteiger partial charge is 0.322 e. The number of rotatable bonds is 3. The molecule has 0 fully saturated rings. The Morgan fingerprint density at radius 1 is 1.50 bits per heavy atom. The van der Waals surface area contributed by atoms with Gasteiger partial charge in [0.25, 0.3) is 0 Å². The van der Waals surface area contributed by atoms with Crippen molar-refractivity contribution >= 4 is 5.97 Å². The summed E-state index contributed by atoms with van der Waals surface area (Å²) in [7, 11) is 1.32. The molecule has 86 valence electrons. The molecule has 2 N–H and O–H groups in total. The summed E-state index contributed by atoms with van der Waals surface area (Å²) in [6, 6.07) is 4.84. The number of carbonyl (C=O) groups is 1. The zero-order valence-corrected chi connectivity index (χ0v) is 8.93. The fourth-order valence-electron chi connectivity index (χ4n) is 1.56. The first-order chi connectivity index (χ1) is 7.70. The standard InChI is InChI=1S/C11H13NO4/c1-14-11(13)8(12)4-7-2-3-9-10(5-7)16-6-15-9/h2-3,5,8H,4,6,12H2,1H3/t8-/m0/s1. The van der Waals surface area contributed by atoms with Crippen LogP contribution in [-0.4, -0.2) is 25.9 Å². The van der Waals surface area contributed by atoms with Crippen LogP contribution in [-0.2, 0) is 16.0 Å². The van der Waals surface area contributed by atoms with Crippen molar-refractivity contribution in [1.82, 2.24) is 0 Å². The Morgan fingerprint density at radius 2 is 2.25 bits per heavy atom. The molecule has 0 bridgehead atoms. The van der Waals surface area contributed by atoms with Gasteiger partial charge in [0, 0.05) is 0 Å². The Hall–Kier alpha value is -1.75. The summed E-state index contributed by atoms with van der Waals surface area (Å²) in [6.07, 6.45) is 0.420. The number of hydrogen-bond acceptors (Lipinski definition) is 5. The molecule has 1 aliphatic rings. The van der Waals surface area contributed by atoms with Gasteiger partial charge in [-0.15, -0.1) is 0 Å². The molecule has 1 aromatic carbocycles. The van der Waals surface area contributed by atoms with E-state index in [-0.39, 0.29) is 6.79 Å². The normalized spacial score (nSPS) is 14.6. The molecule has 1 aliphatic heterocycles. The van der Waals surface area contributed by atoms with Crippen molar-refractivity contribution in [2.24, 2.45) is 5.73 Å². The molecule has 5 heteroatoms. The van der Waals surface area contributed by atoms with Crippen LogP contribution in [0.25, 0.3) is 0 Å². The summed E-state index contributed by atoms with van der Waals surface area (Å²) in [5, 5.41) is 0. The average molecular weight is 223 g/mol. The van der Waals surface area contributed by atoms with Gasteiger partial charge < -0.3 is 19.9 Å². The van der Waals surface area contributed by atoms with E-state index in [0.717, 1.165) is 11.3 Å². The van der Waals surface area contributed by atoms with Crippen molar-refractivity contribution < 1.29 is 19.0 Å². The van der Waals surface area contributed by atoms with E-state index in [1.165, 1.54) is 7.11 Å². The number of hydrogen-bond donors (Lipinski definition) is 1. The van der Waals surface area contributed by atoms with Gasteiger partial charge in [-0.1, -0.05) is 6.07 Å². The molecule has 2 rings (SSSR count). The monoisotopic (exact) mass is 223 g/mol. The predicted molar refractivity (Wildman–Crippen MR) is 56.3 cm³/mol. The first kappa shape index (κ1) is 10.8. The third-order valence-corrected chi connectivity index (χ3v) is 2.40. The van der Waals surface area contributed by atoms with E-state index in [1.54, 1.807) is 0 Å². The predicted octanol–water partition coefficient (Wildman–Crippen LogP) is 0.458. The maximum absolute atomic E-state index is 11.1. The Bertz CT molecular complexity index is 405. The highest BCUT2D eigenvalue weighted by Gasteiger charge is 2.17. The summed E-state index contributed by atoms with van der Waals surface area (Å²) >= 11 is 0. The minimum Gasteiger partial charge on any atom is -0.468 e. The average Bonchev–Trinajstić information content (AvgIpc) is 2.75. The van der Waals surface area contributed by atoms with Gasteiger partial charge in [0.1, 0.15) is 6.04 Å². The van der Waals surface area contributed by atoms with Crippen molar-refractivity contribution in [3.8, 4) is 11.5 Å². The molecular formula is C11H13NO4. The quantitative estimate of drug-likeness (QED) is 0.754. The summed E-state index contributed by atoms with van der Waals surface area (Å²) in [5.74, 6) is 0.989. The number of methoxy groups -OCH3 is 1. The van der Waals surface area contributed by atoms with Crippen molar-refractivity contribution in [1.29, 1.82) is 0 Å².